The molecule has 7 heteroatoms. The largest absolute Gasteiger partial charge is 0.451 e. The number of hydrogen-bond donors (Lipinski definition) is 0. The van der Waals surface area contributed by atoms with E-state index in [9.17, 15) is 14.0 Å². The van der Waals surface area contributed by atoms with Gasteiger partial charge in [0.25, 0.3) is 5.91 Å². The SMILES string of the molecule is CC(C)N(C(=O)COC(=O)c1nn(-c2ccc(F)cc2)c2c1CCCC2)c1ccccc1. The number of aromatic nitrogens is 2. The second-order valence-corrected chi connectivity index (χ2v) is 8.14. The van der Waals surface area contributed by atoms with Gasteiger partial charge in [-0.3, -0.25) is 4.79 Å². The molecule has 0 fully saturated rings. The predicted molar refractivity (Wildman–Crippen MR) is 120 cm³/mol. The number of carbonyl (C=O) groups excluding carboxylic acids is 2. The van der Waals surface area contributed by atoms with Gasteiger partial charge in [0.15, 0.2) is 12.3 Å². The minimum Gasteiger partial charge on any atom is -0.451 e. The quantitative estimate of drug-likeness (QED) is 0.535. The number of fused-ring (bicyclic) bond motifs is 1. The number of carbonyl (C=O) groups is 2. The van der Waals surface area contributed by atoms with Crippen molar-refractivity contribution in [2.45, 2.75) is 45.6 Å². The Balaban J connectivity index is 1.54. The number of benzene rings is 2. The number of para-hydroxylation sites is 1. The van der Waals surface area contributed by atoms with Gasteiger partial charge in [0.05, 0.1) is 5.69 Å². The number of nitrogens with zero attached hydrogens (tertiary/aromatic N) is 3. The van der Waals surface area contributed by atoms with E-state index in [1.54, 1.807) is 21.7 Å². The molecule has 1 aliphatic rings. The summed E-state index contributed by atoms with van der Waals surface area (Å²) in [7, 11) is 0. The van der Waals surface area contributed by atoms with Crippen molar-refractivity contribution in [3.8, 4) is 5.69 Å². The molecule has 1 amide bonds. The number of hydrogen-bond acceptors (Lipinski definition) is 4. The average molecular weight is 435 g/mol. The van der Waals surface area contributed by atoms with E-state index in [1.165, 1.54) is 12.1 Å². The summed E-state index contributed by atoms with van der Waals surface area (Å²) in [5.74, 6) is -1.25. The maximum absolute atomic E-state index is 13.4. The number of esters is 1. The van der Waals surface area contributed by atoms with Crippen LogP contribution in [-0.4, -0.2) is 34.3 Å². The van der Waals surface area contributed by atoms with Crippen LogP contribution in [0.1, 0.15) is 48.4 Å². The summed E-state index contributed by atoms with van der Waals surface area (Å²) in [6, 6.07) is 15.2. The Morgan fingerprint density at radius 3 is 2.44 bits per heavy atom. The molecule has 1 heterocycles. The van der Waals surface area contributed by atoms with Crippen LogP contribution >= 0.6 is 0 Å². The topological polar surface area (TPSA) is 64.4 Å². The van der Waals surface area contributed by atoms with Crippen LogP contribution in [0.3, 0.4) is 0 Å². The van der Waals surface area contributed by atoms with Crippen LogP contribution in [0.5, 0.6) is 0 Å². The average Bonchev–Trinajstić information content (AvgIpc) is 3.18. The molecule has 1 aromatic heterocycles. The lowest BCUT2D eigenvalue weighted by atomic mass is 9.95. The molecule has 166 valence electrons. The van der Waals surface area contributed by atoms with Crippen molar-refractivity contribution < 1.29 is 18.7 Å². The zero-order valence-corrected chi connectivity index (χ0v) is 18.3. The molecule has 32 heavy (non-hydrogen) atoms. The van der Waals surface area contributed by atoms with Crippen molar-refractivity contribution in [1.82, 2.24) is 9.78 Å². The van der Waals surface area contributed by atoms with Crippen molar-refractivity contribution in [1.29, 1.82) is 0 Å². The molecule has 0 saturated carbocycles. The van der Waals surface area contributed by atoms with Gasteiger partial charge in [-0.2, -0.15) is 5.10 Å². The summed E-state index contributed by atoms with van der Waals surface area (Å²) in [5, 5.41) is 4.50. The molecule has 0 unspecified atom stereocenters. The molecule has 4 rings (SSSR count). The van der Waals surface area contributed by atoms with E-state index >= 15 is 0 Å². The zero-order valence-electron chi connectivity index (χ0n) is 18.3. The van der Waals surface area contributed by atoms with Crippen molar-refractivity contribution in [2.24, 2.45) is 0 Å². The summed E-state index contributed by atoms with van der Waals surface area (Å²) in [6.45, 7) is 3.45. The number of amides is 1. The van der Waals surface area contributed by atoms with Crippen LogP contribution in [0.2, 0.25) is 0 Å². The first kappa shape index (κ1) is 21.7. The summed E-state index contributed by atoms with van der Waals surface area (Å²) < 4.78 is 20.5. The van der Waals surface area contributed by atoms with Crippen molar-refractivity contribution in [2.75, 3.05) is 11.5 Å². The predicted octanol–water partition coefficient (Wildman–Crippen LogP) is 4.49. The van der Waals surface area contributed by atoms with Gasteiger partial charge in [0.1, 0.15) is 5.82 Å². The van der Waals surface area contributed by atoms with Crippen LogP contribution in [0, 0.1) is 5.82 Å². The first-order valence-electron chi connectivity index (χ1n) is 10.9. The van der Waals surface area contributed by atoms with Gasteiger partial charge in [-0.05, 0) is 75.9 Å². The first-order chi connectivity index (χ1) is 15.5. The Bertz CT molecular complexity index is 1110. The Morgan fingerprint density at radius 1 is 1.06 bits per heavy atom. The van der Waals surface area contributed by atoms with E-state index < -0.39 is 5.97 Å². The van der Waals surface area contributed by atoms with Gasteiger partial charge >= 0.3 is 5.97 Å². The Labute approximate surface area is 186 Å². The normalized spacial score (nSPS) is 13.0. The summed E-state index contributed by atoms with van der Waals surface area (Å²) in [4.78, 5) is 27.4. The van der Waals surface area contributed by atoms with Crippen LogP contribution in [0.15, 0.2) is 54.6 Å². The van der Waals surface area contributed by atoms with E-state index in [-0.39, 0.29) is 30.1 Å². The fraction of sp³-hybridized carbons (Fsp3) is 0.320. The molecule has 0 radical (unpaired) electrons. The molecule has 0 bridgehead atoms. The van der Waals surface area contributed by atoms with E-state index in [0.717, 1.165) is 42.6 Å². The molecule has 0 N–H and O–H groups in total. The van der Waals surface area contributed by atoms with E-state index in [2.05, 4.69) is 5.10 Å². The minimum atomic E-state index is -0.617. The maximum Gasteiger partial charge on any atom is 0.359 e. The number of rotatable bonds is 6. The third kappa shape index (κ3) is 4.42. The molecular weight excluding hydrogens is 409 g/mol. The van der Waals surface area contributed by atoms with Gasteiger partial charge in [0.2, 0.25) is 0 Å². The smallest absolute Gasteiger partial charge is 0.359 e. The highest BCUT2D eigenvalue weighted by atomic mass is 19.1. The van der Waals surface area contributed by atoms with Gasteiger partial charge in [0, 0.05) is 23.0 Å². The lowest BCUT2D eigenvalue weighted by Gasteiger charge is -2.26. The fourth-order valence-electron chi connectivity index (χ4n) is 4.14. The van der Waals surface area contributed by atoms with Crippen LogP contribution in [0.4, 0.5) is 10.1 Å². The lowest BCUT2D eigenvalue weighted by molar-refractivity contribution is -0.122. The molecule has 0 spiro atoms. The summed E-state index contributed by atoms with van der Waals surface area (Å²) in [6.07, 6.45) is 3.45. The fourth-order valence-corrected chi connectivity index (χ4v) is 4.14. The number of halogens is 1. The number of ether oxygens (including phenoxy) is 1. The molecule has 0 saturated heterocycles. The van der Waals surface area contributed by atoms with Gasteiger partial charge in [-0.25, -0.2) is 13.9 Å². The zero-order chi connectivity index (χ0) is 22.7. The van der Waals surface area contributed by atoms with Gasteiger partial charge < -0.3 is 9.64 Å². The Kier molecular flexibility index (Phi) is 6.35. The van der Waals surface area contributed by atoms with Crippen molar-refractivity contribution >= 4 is 17.6 Å². The maximum atomic E-state index is 13.4. The second-order valence-electron chi connectivity index (χ2n) is 8.14. The highest BCUT2D eigenvalue weighted by molar-refractivity contribution is 5.97. The highest BCUT2D eigenvalue weighted by Gasteiger charge is 2.28. The third-order valence-electron chi connectivity index (χ3n) is 5.59. The third-order valence-corrected chi connectivity index (χ3v) is 5.59. The van der Waals surface area contributed by atoms with Crippen LogP contribution in [-0.2, 0) is 22.4 Å². The van der Waals surface area contributed by atoms with Crippen LogP contribution in [0.25, 0.3) is 5.69 Å². The monoisotopic (exact) mass is 435 g/mol. The summed E-state index contributed by atoms with van der Waals surface area (Å²) >= 11 is 0. The Morgan fingerprint density at radius 2 is 1.75 bits per heavy atom. The first-order valence-corrected chi connectivity index (χ1v) is 10.9. The van der Waals surface area contributed by atoms with Crippen LogP contribution < -0.4 is 4.90 Å². The summed E-state index contributed by atoms with van der Waals surface area (Å²) in [5.41, 5.74) is 3.46. The Hall–Kier alpha value is -3.48. The van der Waals surface area contributed by atoms with Crippen molar-refractivity contribution in [3.63, 3.8) is 0 Å². The van der Waals surface area contributed by atoms with E-state index in [1.807, 2.05) is 44.2 Å². The molecule has 6 nitrogen and oxygen atoms in total. The second kappa shape index (κ2) is 9.34. The van der Waals surface area contributed by atoms with Gasteiger partial charge in [-0.1, -0.05) is 18.2 Å². The van der Waals surface area contributed by atoms with E-state index in [4.69, 9.17) is 4.74 Å². The number of anilines is 1. The highest BCUT2D eigenvalue weighted by Crippen LogP contribution is 2.27. The molecule has 3 aromatic rings. The van der Waals surface area contributed by atoms with Gasteiger partial charge in [-0.15, -0.1) is 0 Å². The lowest BCUT2D eigenvalue weighted by Crippen LogP contribution is -2.40. The standard InChI is InChI=1S/C25H26FN3O3/c1-17(2)28(19-8-4-3-5-9-19)23(30)16-32-25(31)24-21-10-6-7-11-22(21)29(27-24)20-14-12-18(26)13-15-20/h3-5,8-9,12-15,17H,6-7,10-11,16H2,1-2H3. The minimum absolute atomic E-state index is 0.0888. The molecule has 2 aromatic carbocycles. The molecular formula is C25H26FN3O3. The molecule has 1 aliphatic carbocycles. The van der Waals surface area contributed by atoms with E-state index in [0.29, 0.717) is 5.69 Å². The molecule has 0 aliphatic heterocycles. The molecule has 0 atom stereocenters. The van der Waals surface area contributed by atoms with Crippen molar-refractivity contribution in [3.05, 3.63) is 77.4 Å².